The Morgan fingerprint density at radius 2 is 1.50 bits per heavy atom. The molecule has 0 bridgehead atoms. The third-order valence-corrected chi connectivity index (χ3v) is 18.2. The molecule has 1 heterocycles. The molecule has 2 amide bonds. The molecule has 56 heavy (non-hydrogen) atoms. The molecule has 2 N–H and O–H groups in total. The monoisotopic (exact) mass is 779 g/mol. The number of nitrogens with zero attached hydrogens (tertiary/aromatic N) is 1. The molecule has 6 fully saturated rings. The van der Waals surface area contributed by atoms with Gasteiger partial charge in [0.2, 0.25) is 11.8 Å². The van der Waals surface area contributed by atoms with Crippen LogP contribution in [0.4, 0.5) is 0 Å². The molecule has 1 aliphatic heterocycles. The lowest BCUT2D eigenvalue weighted by atomic mass is 9.33. The number of hydrogen-bond acceptors (Lipinski definition) is 7. The average Bonchev–Trinajstić information content (AvgIpc) is 3.42. The Balaban J connectivity index is 1.15. The number of carbonyl (C=O) groups excluding carboxylic acids is 4. The number of amides is 2. The summed E-state index contributed by atoms with van der Waals surface area (Å²) in [4.78, 5) is 70.0. The van der Waals surface area contributed by atoms with Crippen LogP contribution in [0.15, 0.2) is 11.1 Å². The number of carbonyl (C=O) groups is 5. The number of carboxylic acids is 1. The largest absolute Gasteiger partial charge is 0.481 e. The van der Waals surface area contributed by atoms with Gasteiger partial charge in [-0.05, 0) is 128 Å². The number of ether oxygens (including phenoxy) is 2. The van der Waals surface area contributed by atoms with Gasteiger partial charge in [-0.3, -0.25) is 24.0 Å². The van der Waals surface area contributed by atoms with E-state index in [0.717, 1.165) is 56.1 Å². The van der Waals surface area contributed by atoms with Gasteiger partial charge < -0.3 is 24.8 Å². The molecular weight excluding hydrogens is 709 g/mol. The van der Waals surface area contributed by atoms with Crippen LogP contribution in [0.25, 0.3) is 0 Å². The molecule has 1 saturated heterocycles. The second kappa shape index (κ2) is 13.4. The summed E-state index contributed by atoms with van der Waals surface area (Å²) in [5, 5.41) is 12.9. The number of ketones is 1. The van der Waals surface area contributed by atoms with Crippen molar-refractivity contribution in [2.24, 2.45) is 68.0 Å². The van der Waals surface area contributed by atoms with Gasteiger partial charge in [-0.1, -0.05) is 62.3 Å². The summed E-state index contributed by atoms with van der Waals surface area (Å²) in [5.74, 6) is -1.35. The third-order valence-electron chi connectivity index (χ3n) is 18.2. The lowest BCUT2D eigenvalue weighted by Crippen LogP contribution is -2.67. The summed E-state index contributed by atoms with van der Waals surface area (Å²) in [6.07, 6.45) is 7.46. The van der Waals surface area contributed by atoms with Crippen LogP contribution < -0.4 is 5.32 Å². The first-order valence-electron chi connectivity index (χ1n) is 21.8. The number of esters is 1. The molecule has 0 unspecified atom stereocenters. The summed E-state index contributed by atoms with van der Waals surface area (Å²) < 4.78 is 11.9. The van der Waals surface area contributed by atoms with Crippen LogP contribution in [0.5, 0.6) is 0 Å². The lowest BCUT2D eigenvalue weighted by molar-refractivity contribution is -0.236. The van der Waals surface area contributed by atoms with E-state index in [4.69, 9.17) is 9.47 Å². The first-order valence-corrected chi connectivity index (χ1v) is 21.8. The minimum atomic E-state index is -1.12. The zero-order chi connectivity index (χ0) is 41.2. The highest BCUT2D eigenvalue weighted by atomic mass is 16.5. The number of morpholine rings is 1. The van der Waals surface area contributed by atoms with Crippen molar-refractivity contribution in [2.45, 2.75) is 152 Å². The normalized spacial score (nSPS) is 41.4. The maximum atomic E-state index is 14.9. The molecule has 7 rings (SSSR count). The number of Topliss-reactive ketones (excluding diaryl/α,β-unsaturated/α-hetero) is 1. The molecule has 5 saturated carbocycles. The Morgan fingerprint density at radius 3 is 2.11 bits per heavy atom. The maximum absolute atomic E-state index is 14.9. The van der Waals surface area contributed by atoms with E-state index in [-0.39, 0.29) is 69.6 Å². The number of allylic oxidation sites excluding steroid dienone is 1. The fraction of sp³-hybridized carbons (Fsp3) is 0.848. The Morgan fingerprint density at radius 1 is 0.839 bits per heavy atom. The molecule has 6 aliphatic carbocycles. The van der Waals surface area contributed by atoms with E-state index in [2.05, 4.69) is 53.8 Å². The predicted octanol–water partition coefficient (Wildman–Crippen LogP) is 7.38. The van der Waals surface area contributed by atoms with E-state index in [9.17, 15) is 29.1 Å². The van der Waals surface area contributed by atoms with Crippen LogP contribution in [0.1, 0.15) is 140 Å². The van der Waals surface area contributed by atoms with Gasteiger partial charge in [0, 0.05) is 24.9 Å². The molecular formula is C46H70N2O8. The first-order chi connectivity index (χ1) is 25.9. The number of aliphatic carboxylic acids is 1. The van der Waals surface area contributed by atoms with Gasteiger partial charge in [0.15, 0.2) is 5.78 Å². The Bertz CT molecular complexity index is 1720. The van der Waals surface area contributed by atoms with Gasteiger partial charge in [-0.15, -0.1) is 0 Å². The van der Waals surface area contributed by atoms with Crippen LogP contribution in [0, 0.1) is 68.0 Å². The van der Waals surface area contributed by atoms with Crippen molar-refractivity contribution >= 4 is 29.5 Å². The minimum Gasteiger partial charge on any atom is -0.481 e. The molecule has 10 heteroatoms. The van der Waals surface area contributed by atoms with Crippen LogP contribution in [0.2, 0.25) is 0 Å². The van der Waals surface area contributed by atoms with E-state index >= 15 is 0 Å². The maximum Gasteiger partial charge on any atom is 0.309 e. The quantitative estimate of drug-likeness (QED) is 0.256. The van der Waals surface area contributed by atoms with Crippen LogP contribution in [-0.4, -0.2) is 77.5 Å². The Kier molecular flexibility index (Phi) is 9.90. The smallest absolute Gasteiger partial charge is 0.309 e. The molecule has 0 radical (unpaired) electrons. The van der Waals surface area contributed by atoms with Gasteiger partial charge in [-0.2, -0.15) is 0 Å². The van der Waals surface area contributed by atoms with Crippen molar-refractivity contribution in [1.82, 2.24) is 10.2 Å². The standard InChI is InChI=1S/C46H70N2O8/c1-26(2)34-30(49)25-46(38(53)47-42(7,8)39(54)48-20-22-55-23-21-48)19-18-44(10)27(35(34)46)12-13-32-43(9)16-15-33(41(5,6)31(43)14-17-45(32,44)11)56-37(52)29-24-28(36(50)51)40(29,3)4/h26-29,31-33H,12-25H2,1-11H3,(H,47,53)(H,50,51)/t27-,28+,29-,31+,32-,33+,43+,44-,45-,46-/m1/s1. The number of fused-ring (bicyclic) bond motifs is 7. The van der Waals surface area contributed by atoms with Crippen LogP contribution in [-0.2, 0) is 33.4 Å². The molecule has 0 aromatic rings. The summed E-state index contributed by atoms with van der Waals surface area (Å²) >= 11 is 0. The highest BCUT2D eigenvalue weighted by molar-refractivity contribution is 6.07. The number of nitrogens with one attached hydrogen (secondary N) is 1. The van der Waals surface area contributed by atoms with Crippen molar-refractivity contribution in [2.75, 3.05) is 26.3 Å². The van der Waals surface area contributed by atoms with Gasteiger partial charge >= 0.3 is 11.9 Å². The van der Waals surface area contributed by atoms with Gasteiger partial charge in [-0.25, -0.2) is 0 Å². The van der Waals surface area contributed by atoms with Crippen molar-refractivity contribution in [3.63, 3.8) is 0 Å². The summed E-state index contributed by atoms with van der Waals surface area (Å²) in [7, 11) is 0. The lowest BCUT2D eigenvalue weighted by Gasteiger charge is -2.72. The fourth-order valence-corrected chi connectivity index (χ4v) is 14.7. The molecule has 10 nitrogen and oxygen atoms in total. The van der Waals surface area contributed by atoms with Crippen molar-refractivity contribution in [3.05, 3.63) is 11.1 Å². The summed E-state index contributed by atoms with van der Waals surface area (Å²) in [6, 6.07) is 0. The average molecular weight is 779 g/mol. The van der Waals surface area contributed by atoms with Gasteiger partial charge in [0.1, 0.15) is 11.6 Å². The van der Waals surface area contributed by atoms with Gasteiger partial charge in [0.25, 0.3) is 0 Å². The van der Waals surface area contributed by atoms with E-state index in [1.807, 2.05) is 13.8 Å². The number of hydrogen-bond donors (Lipinski definition) is 2. The van der Waals surface area contributed by atoms with Crippen LogP contribution >= 0.6 is 0 Å². The van der Waals surface area contributed by atoms with Crippen molar-refractivity contribution in [3.8, 4) is 0 Å². The molecule has 0 spiro atoms. The molecule has 7 aliphatic rings. The van der Waals surface area contributed by atoms with Gasteiger partial charge in [0.05, 0.1) is 30.5 Å². The Labute approximate surface area is 335 Å². The summed E-state index contributed by atoms with van der Waals surface area (Å²) in [6.45, 7) is 25.6. The molecule has 0 aromatic carbocycles. The second-order valence-corrected chi connectivity index (χ2v) is 22.0. The first kappa shape index (κ1) is 41.4. The predicted molar refractivity (Wildman–Crippen MR) is 212 cm³/mol. The SMILES string of the molecule is CC(C)C1=C2[C@H]3CC[C@@H]4[C@@]5(C)CC[C@H](OC(=O)[C@H]6C[C@@H](C(=O)O)C6(C)C)C(C)(C)[C@@H]5CC[C@@]4(C)[C@]3(C)CC[C@@]2(C(=O)NC(C)(C)C(=O)N2CCOCC2)CC1=O. The second-order valence-electron chi connectivity index (χ2n) is 22.0. The number of rotatable bonds is 7. The third kappa shape index (κ3) is 5.73. The topological polar surface area (TPSA) is 139 Å². The highest BCUT2D eigenvalue weighted by Crippen LogP contribution is 2.77. The molecule has 312 valence electrons. The molecule has 0 aromatic heterocycles. The zero-order valence-corrected chi connectivity index (χ0v) is 36.2. The summed E-state index contributed by atoms with van der Waals surface area (Å²) in [5.41, 5.74) is -1.16. The highest BCUT2D eigenvalue weighted by Gasteiger charge is 2.71. The van der Waals surface area contributed by atoms with Crippen LogP contribution in [0.3, 0.4) is 0 Å². The number of carboxylic acid groups (broad SMARTS) is 1. The molecule has 10 atom stereocenters. The minimum absolute atomic E-state index is 0.00406. The van der Waals surface area contributed by atoms with E-state index in [0.29, 0.717) is 51.0 Å². The van der Waals surface area contributed by atoms with E-state index < -0.39 is 34.2 Å². The Hall–Kier alpha value is -2.75. The van der Waals surface area contributed by atoms with E-state index in [1.54, 1.807) is 18.7 Å². The van der Waals surface area contributed by atoms with Crippen molar-refractivity contribution < 1.29 is 38.6 Å². The zero-order valence-electron chi connectivity index (χ0n) is 36.2. The van der Waals surface area contributed by atoms with E-state index in [1.165, 1.54) is 0 Å². The van der Waals surface area contributed by atoms with Crippen molar-refractivity contribution in [1.29, 1.82) is 0 Å². The fourth-order valence-electron chi connectivity index (χ4n) is 14.7.